The van der Waals surface area contributed by atoms with Gasteiger partial charge in [0.1, 0.15) is 0 Å². The van der Waals surface area contributed by atoms with E-state index in [1.807, 2.05) is 92.7 Å². The van der Waals surface area contributed by atoms with Gasteiger partial charge in [0.25, 0.3) is 0 Å². The summed E-state index contributed by atoms with van der Waals surface area (Å²) in [6.07, 6.45) is 0.945. The third kappa shape index (κ3) is 12.1. The highest BCUT2D eigenvalue weighted by atomic mass is 15.0. The Hall–Kier alpha value is -7.23. The number of hydrogen-bond acceptors (Lipinski definition) is 3. The molecule has 0 fully saturated rings. The molecule has 0 bridgehead atoms. The molecular weight excluding hydrogens is 787 g/mol. The van der Waals surface area contributed by atoms with E-state index in [0.29, 0.717) is 17.5 Å². The Balaban J connectivity index is 0.000000175. The van der Waals surface area contributed by atoms with Crippen LogP contribution in [0.2, 0.25) is 0 Å². The molecular formula is C62H63N3. The van der Waals surface area contributed by atoms with Crippen LogP contribution in [0.25, 0.3) is 56.4 Å². The van der Waals surface area contributed by atoms with E-state index in [1.165, 1.54) is 77.9 Å². The van der Waals surface area contributed by atoms with Crippen molar-refractivity contribution < 1.29 is 0 Å². The highest BCUT2D eigenvalue weighted by molar-refractivity contribution is 5.89. The van der Waals surface area contributed by atoms with Crippen LogP contribution in [0.1, 0.15) is 69.5 Å². The first kappa shape index (κ1) is 47.3. The van der Waals surface area contributed by atoms with Crippen molar-refractivity contribution in [1.82, 2.24) is 15.0 Å². The van der Waals surface area contributed by atoms with Crippen LogP contribution in [0.15, 0.2) is 188 Å². The van der Waals surface area contributed by atoms with Crippen molar-refractivity contribution in [2.24, 2.45) is 0 Å². The molecule has 65 heavy (non-hydrogen) atoms. The molecule has 0 radical (unpaired) electrons. The van der Waals surface area contributed by atoms with Gasteiger partial charge in [0.15, 0.2) is 17.5 Å². The van der Waals surface area contributed by atoms with Crippen molar-refractivity contribution in [3.63, 3.8) is 0 Å². The highest BCUT2D eigenvalue weighted by Crippen LogP contribution is 2.43. The van der Waals surface area contributed by atoms with Gasteiger partial charge in [0, 0.05) is 16.7 Å². The first-order valence-electron chi connectivity index (χ1n) is 22.8. The minimum absolute atomic E-state index is 0.689. The van der Waals surface area contributed by atoms with Crippen molar-refractivity contribution in [3.05, 3.63) is 244 Å². The van der Waals surface area contributed by atoms with Crippen molar-refractivity contribution in [1.29, 1.82) is 0 Å². The Morgan fingerprint density at radius 1 is 0.308 bits per heavy atom. The van der Waals surface area contributed by atoms with Crippen LogP contribution in [0, 0.1) is 55.4 Å². The van der Waals surface area contributed by atoms with Gasteiger partial charge in [-0.25, -0.2) is 15.0 Å². The van der Waals surface area contributed by atoms with E-state index >= 15 is 0 Å². The Morgan fingerprint density at radius 3 is 1.32 bits per heavy atom. The van der Waals surface area contributed by atoms with E-state index in [2.05, 4.69) is 165 Å². The zero-order valence-corrected chi connectivity index (χ0v) is 39.9. The molecule has 0 aliphatic heterocycles. The molecule has 0 saturated heterocycles. The van der Waals surface area contributed by atoms with E-state index in [1.54, 1.807) is 0 Å². The highest BCUT2D eigenvalue weighted by Gasteiger charge is 2.24. The predicted molar refractivity (Wildman–Crippen MR) is 278 cm³/mol. The standard InChI is InChI=1S/C29H21N3.C16H18.C8H10.C7H8.C2H6/c1-19-15-16-22-18-23-13-8-14-24(26(23)25(22)17-19)29-31-27(20-9-4-2-5-10-20)30-28(32-29)21-11-6-3-7-12-21;1-11-9-10-16(14(4)13(11)3)15-8-6-5-7-12(15)2;1-7-5-3-4-6-8(7)2;1-7-5-3-2-4-6-7;1-2/h2-17H,18H2,1H3;5-10H,1-4H3;3-6H,1-2H3;2-6H,1H3;1-2H3. The summed E-state index contributed by atoms with van der Waals surface area (Å²) in [6.45, 7) is 21.2. The molecule has 0 spiro atoms. The Kier molecular flexibility index (Phi) is 16.7. The molecule has 1 aromatic heterocycles. The first-order valence-corrected chi connectivity index (χ1v) is 22.8. The lowest BCUT2D eigenvalue weighted by Crippen LogP contribution is -2.01. The molecule has 0 atom stereocenters. The van der Waals surface area contributed by atoms with Crippen LogP contribution < -0.4 is 0 Å². The molecule has 8 aromatic carbocycles. The molecule has 1 aliphatic carbocycles. The third-order valence-corrected chi connectivity index (χ3v) is 11.9. The average molecular weight is 850 g/mol. The van der Waals surface area contributed by atoms with Crippen LogP contribution in [-0.4, -0.2) is 15.0 Å². The van der Waals surface area contributed by atoms with Crippen LogP contribution >= 0.6 is 0 Å². The molecule has 1 heterocycles. The second-order valence-electron chi connectivity index (χ2n) is 16.4. The zero-order chi connectivity index (χ0) is 46.3. The van der Waals surface area contributed by atoms with Gasteiger partial charge in [-0.1, -0.05) is 213 Å². The molecule has 10 rings (SSSR count). The number of rotatable bonds is 4. The quantitative estimate of drug-likeness (QED) is 0.177. The fourth-order valence-corrected chi connectivity index (χ4v) is 7.78. The normalized spacial score (nSPS) is 10.6. The molecule has 3 heteroatoms. The summed E-state index contributed by atoms with van der Waals surface area (Å²) in [5, 5.41) is 0. The first-order chi connectivity index (χ1) is 31.6. The molecule has 0 saturated carbocycles. The van der Waals surface area contributed by atoms with Crippen LogP contribution in [0.5, 0.6) is 0 Å². The van der Waals surface area contributed by atoms with E-state index in [9.17, 15) is 0 Å². The van der Waals surface area contributed by atoms with Gasteiger partial charge in [-0.15, -0.1) is 0 Å². The average Bonchev–Trinajstić information content (AvgIpc) is 3.72. The molecule has 0 unspecified atom stereocenters. The topological polar surface area (TPSA) is 38.7 Å². The lowest BCUT2D eigenvalue weighted by Gasteiger charge is -2.13. The van der Waals surface area contributed by atoms with Gasteiger partial charge >= 0.3 is 0 Å². The van der Waals surface area contributed by atoms with E-state index in [4.69, 9.17) is 15.0 Å². The van der Waals surface area contributed by atoms with Crippen molar-refractivity contribution >= 4 is 0 Å². The summed E-state index contributed by atoms with van der Waals surface area (Å²) in [5.41, 5.74) is 21.8. The van der Waals surface area contributed by atoms with Gasteiger partial charge in [-0.2, -0.15) is 0 Å². The van der Waals surface area contributed by atoms with Gasteiger partial charge in [-0.3, -0.25) is 0 Å². The maximum Gasteiger partial charge on any atom is 0.164 e. The van der Waals surface area contributed by atoms with E-state index in [0.717, 1.165) is 23.1 Å². The summed E-state index contributed by atoms with van der Waals surface area (Å²) in [7, 11) is 0. The van der Waals surface area contributed by atoms with Crippen molar-refractivity contribution in [2.75, 3.05) is 0 Å². The Morgan fingerprint density at radius 2 is 0.800 bits per heavy atom. The second kappa shape index (κ2) is 22.9. The number of aromatic nitrogens is 3. The largest absolute Gasteiger partial charge is 0.208 e. The number of nitrogens with zero attached hydrogens (tertiary/aromatic N) is 3. The lowest BCUT2D eigenvalue weighted by atomic mass is 9.92. The molecule has 0 amide bonds. The summed E-state index contributed by atoms with van der Waals surface area (Å²) in [5.74, 6) is 2.09. The minimum atomic E-state index is 0.689. The zero-order valence-electron chi connectivity index (χ0n) is 39.9. The smallest absolute Gasteiger partial charge is 0.164 e. The van der Waals surface area contributed by atoms with Crippen molar-refractivity contribution in [3.8, 4) is 56.4 Å². The molecule has 326 valence electrons. The Bertz CT molecular complexity index is 2860. The fourth-order valence-electron chi connectivity index (χ4n) is 7.78. The number of aryl methyl sites for hydroxylation is 6. The third-order valence-electron chi connectivity index (χ3n) is 11.9. The van der Waals surface area contributed by atoms with E-state index in [-0.39, 0.29) is 0 Å². The summed E-state index contributed by atoms with van der Waals surface area (Å²) < 4.78 is 0. The Labute approximate surface area is 389 Å². The molecule has 9 aromatic rings. The van der Waals surface area contributed by atoms with Crippen molar-refractivity contribution in [2.45, 2.75) is 75.7 Å². The fraction of sp³-hybridized carbons (Fsp3) is 0.177. The summed E-state index contributed by atoms with van der Waals surface area (Å²) >= 11 is 0. The summed E-state index contributed by atoms with van der Waals surface area (Å²) in [4.78, 5) is 14.7. The number of hydrogen-bond donors (Lipinski definition) is 0. The van der Waals surface area contributed by atoms with Crippen LogP contribution in [-0.2, 0) is 6.42 Å². The summed E-state index contributed by atoms with van der Waals surface area (Å²) in [6, 6.07) is 65.1. The molecule has 3 nitrogen and oxygen atoms in total. The maximum absolute atomic E-state index is 4.95. The van der Waals surface area contributed by atoms with E-state index < -0.39 is 0 Å². The van der Waals surface area contributed by atoms with Gasteiger partial charge in [-0.05, 0) is 129 Å². The van der Waals surface area contributed by atoms with Crippen LogP contribution in [0.4, 0.5) is 0 Å². The predicted octanol–water partition coefficient (Wildman–Crippen LogP) is 16.7. The van der Waals surface area contributed by atoms with Crippen LogP contribution in [0.3, 0.4) is 0 Å². The van der Waals surface area contributed by atoms with Gasteiger partial charge in [0.2, 0.25) is 0 Å². The maximum atomic E-state index is 4.95. The van der Waals surface area contributed by atoms with Gasteiger partial charge < -0.3 is 0 Å². The molecule has 0 N–H and O–H groups in total. The lowest BCUT2D eigenvalue weighted by molar-refractivity contribution is 1.07. The molecule has 1 aliphatic rings. The SMILES string of the molecule is CC.Cc1ccc2c(c1)-c1c(cccc1-c1nc(-c3ccccc3)nc(-c3ccccc3)n1)C2.Cc1ccccc1.Cc1ccccc1-c1ccc(C)c(C)c1C.Cc1ccccc1C. The monoisotopic (exact) mass is 850 g/mol. The minimum Gasteiger partial charge on any atom is -0.208 e. The number of fused-ring (bicyclic) bond motifs is 3. The second-order valence-corrected chi connectivity index (χ2v) is 16.4. The van der Waals surface area contributed by atoms with Gasteiger partial charge in [0.05, 0.1) is 0 Å². The number of benzene rings is 8.